The smallest absolute Gasteiger partial charge is 0.356 e. The van der Waals surface area contributed by atoms with Crippen molar-refractivity contribution in [2.45, 2.75) is 6.92 Å². The number of methoxy groups -OCH3 is 3. The number of para-hydroxylation sites is 1. The van der Waals surface area contributed by atoms with Crippen LogP contribution in [-0.4, -0.2) is 62.3 Å². The molecule has 198 valence electrons. The molecular formula is C27H28N4O7. The summed E-state index contributed by atoms with van der Waals surface area (Å²) in [5, 5.41) is 7.04. The van der Waals surface area contributed by atoms with E-state index in [1.54, 1.807) is 61.5 Å². The molecule has 1 aliphatic heterocycles. The summed E-state index contributed by atoms with van der Waals surface area (Å²) in [5.74, 6) is -2.91. The van der Waals surface area contributed by atoms with E-state index in [4.69, 9.17) is 14.2 Å². The summed E-state index contributed by atoms with van der Waals surface area (Å²) in [6.45, 7) is 1.28. The van der Waals surface area contributed by atoms with Crippen LogP contribution in [-0.2, 0) is 28.6 Å². The number of benzene rings is 2. The van der Waals surface area contributed by atoms with E-state index in [2.05, 4.69) is 15.8 Å². The van der Waals surface area contributed by atoms with Gasteiger partial charge in [0, 0.05) is 24.0 Å². The van der Waals surface area contributed by atoms with E-state index in [-0.39, 0.29) is 29.2 Å². The number of ether oxygens (including phenoxy) is 3. The lowest BCUT2D eigenvalue weighted by Gasteiger charge is -2.36. The normalized spacial score (nSPS) is 16.7. The molecule has 0 fully saturated rings. The van der Waals surface area contributed by atoms with Crippen LogP contribution in [0.4, 0.5) is 5.69 Å². The molecule has 3 rings (SSSR count). The molecule has 1 unspecified atom stereocenters. The van der Waals surface area contributed by atoms with E-state index in [1.807, 2.05) is 6.07 Å². The Kier molecular flexibility index (Phi) is 8.99. The Labute approximate surface area is 219 Å². The molecule has 2 N–H and O–H groups in total. The maximum Gasteiger partial charge on any atom is 0.356 e. The van der Waals surface area contributed by atoms with Crippen LogP contribution in [0.1, 0.15) is 17.3 Å². The lowest BCUT2D eigenvalue weighted by molar-refractivity contribution is -0.138. The molecule has 0 aliphatic carbocycles. The lowest BCUT2D eigenvalue weighted by Crippen LogP contribution is -2.49. The Morgan fingerprint density at radius 1 is 0.921 bits per heavy atom. The minimum Gasteiger partial charge on any atom is -0.464 e. The molecule has 38 heavy (non-hydrogen) atoms. The summed E-state index contributed by atoms with van der Waals surface area (Å²) in [5.41, 5.74) is 1.68. The van der Waals surface area contributed by atoms with Crippen molar-refractivity contribution in [2.75, 3.05) is 33.2 Å². The molecule has 1 aliphatic rings. The monoisotopic (exact) mass is 520 g/mol. The van der Waals surface area contributed by atoms with Crippen LogP contribution < -0.4 is 10.7 Å². The van der Waals surface area contributed by atoms with E-state index < -0.39 is 29.2 Å². The van der Waals surface area contributed by atoms with Gasteiger partial charge in [0.15, 0.2) is 5.71 Å². The number of hydrogen-bond acceptors (Lipinski definition) is 10. The second kappa shape index (κ2) is 12.3. The number of amides is 1. The fourth-order valence-corrected chi connectivity index (χ4v) is 3.74. The van der Waals surface area contributed by atoms with E-state index in [9.17, 15) is 19.2 Å². The molecule has 0 aromatic heterocycles. The first-order chi connectivity index (χ1) is 18.2. The zero-order valence-corrected chi connectivity index (χ0v) is 21.4. The van der Waals surface area contributed by atoms with Gasteiger partial charge in [0.05, 0.1) is 26.7 Å². The molecule has 11 nitrogen and oxygen atoms in total. The zero-order valence-electron chi connectivity index (χ0n) is 21.4. The summed E-state index contributed by atoms with van der Waals surface area (Å²) in [6.07, 6.45) is 2.75. The van der Waals surface area contributed by atoms with Crippen LogP contribution >= 0.6 is 0 Å². The van der Waals surface area contributed by atoms with E-state index in [0.29, 0.717) is 5.69 Å². The molecule has 0 bridgehead atoms. The van der Waals surface area contributed by atoms with Gasteiger partial charge in [-0.05, 0) is 37.3 Å². The second-order valence-corrected chi connectivity index (χ2v) is 8.32. The number of hydrazone groups is 1. The van der Waals surface area contributed by atoms with Gasteiger partial charge in [0.2, 0.25) is 0 Å². The van der Waals surface area contributed by atoms with Crippen molar-refractivity contribution >= 4 is 35.2 Å². The zero-order chi connectivity index (χ0) is 27.7. The minimum absolute atomic E-state index is 0.0548. The molecule has 0 spiro atoms. The minimum atomic E-state index is -1.40. The molecule has 1 amide bonds. The van der Waals surface area contributed by atoms with Crippen LogP contribution in [0.15, 0.2) is 89.4 Å². The maximum absolute atomic E-state index is 13.8. The molecule has 11 heteroatoms. The Balaban J connectivity index is 2.16. The average Bonchev–Trinajstić information content (AvgIpc) is 2.96. The highest BCUT2D eigenvalue weighted by Crippen LogP contribution is 2.30. The van der Waals surface area contributed by atoms with Gasteiger partial charge in [-0.25, -0.2) is 14.4 Å². The number of hydrogen-bond donors (Lipinski definition) is 2. The number of anilines is 1. The van der Waals surface area contributed by atoms with Crippen molar-refractivity contribution in [3.63, 3.8) is 0 Å². The molecule has 0 saturated heterocycles. The third kappa shape index (κ3) is 6.25. The van der Waals surface area contributed by atoms with Gasteiger partial charge in [-0.1, -0.05) is 36.4 Å². The molecule has 2 aromatic carbocycles. The van der Waals surface area contributed by atoms with Gasteiger partial charge >= 0.3 is 17.9 Å². The van der Waals surface area contributed by atoms with Gasteiger partial charge < -0.3 is 19.5 Å². The molecule has 1 heterocycles. The molecule has 1 atom stereocenters. The number of nitrogens with one attached hydrogen (secondary N) is 2. The standard InChI is InChI=1S/C27H28N4O7/c1-27(15-20(24(33)36-2)29-30-22(27)26(35)38-4)17-31(23(32)18-11-7-5-8-12-18)21(25(34)37-3)16-28-19-13-9-6-10-14-19/h5-16,28-29H,17H2,1-4H3/b21-16+. The quantitative estimate of drug-likeness (QED) is 0.290. The summed E-state index contributed by atoms with van der Waals surface area (Å²) in [6, 6.07) is 17.3. The predicted molar refractivity (Wildman–Crippen MR) is 138 cm³/mol. The van der Waals surface area contributed by atoms with Crippen LogP contribution in [0, 0.1) is 5.41 Å². The van der Waals surface area contributed by atoms with Gasteiger partial charge in [0.25, 0.3) is 5.91 Å². The van der Waals surface area contributed by atoms with Gasteiger partial charge in [0.1, 0.15) is 11.4 Å². The lowest BCUT2D eigenvalue weighted by atomic mass is 9.81. The molecule has 2 aromatic rings. The first-order valence-corrected chi connectivity index (χ1v) is 11.4. The van der Waals surface area contributed by atoms with Crippen LogP contribution in [0.5, 0.6) is 0 Å². The molecule has 0 saturated carbocycles. The fraction of sp³-hybridized carbons (Fsp3) is 0.222. The first-order valence-electron chi connectivity index (χ1n) is 11.4. The van der Waals surface area contributed by atoms with Crippen LogP contribution in [0.3, 0.4) is 0 Å². The maximum atomic E-state index is 13.8. The van der Waals surface area contributed by atoms with Crippen molar-refractivity contribution in [3.05, 3.63) is 89.9 Å². The van der Waals surface area contributed by atoms with Crippen LogP contribution in [0.25, 0.3) is 0 Å². The number of nitrogens with zero attached hydrogens (tertiary/aromatic N) is 2. The largest absolute Gasteiger partial charge is 0.464 e. The second-order valence-electron chi connectivity index (χ2n) is 8.32. The average molecular weight is 521 g/mol. The third-order valence-corrected chi connectivity index (χ3v) is 5.66. The first kappa shape index (κ1) is 27.7. The fourth-order valence-electron chi connectivity index (χ4n) is 3.74. The van der Waals surface area contributed by atoms with Gasteiger partial charge in [-0.2, -0.15) is 5.10 Å². The summed E-state index contributed by atoms with van der Waals surface area (Å²) in [7, 11) is 3.56. The highest BCUT2D eigenvalue weighted by Gasteiger charge is 2.43. The van der Waals surface area contributed by atoms with Crippen molar-refractivity contribution in [3.8, 4) is 0 Å². The van der Waals surface area contributed by atoms with E-state index in [0.717, 1.165) is 4.90 Å². The van der Waals surface area contributed by atoms with Gasteiger partial charge in [-0.15, -0.1) is 0 Å². The van der Waals surface area contributed by atoms with E-state index >= 15 is 0 Å². The summed E-state index contributed by atoms with van der Waals surface area (Å²) >= 11 is 0. The highest BCUT2D eigenvalue weighted by atomic mass is 16.5. The Bertz CT molecular complexity index is 1290. The Hall–Kier alpha value is -4.93. The molecule has 0 radical (unpaired) electrons. The summed E-state index contributed by atoms with van der Waals surface area (Å²) in [4.78, 5) is 52.9. The number of carbonyl (C=O) groups excluding carboxylic acids is 4. The SMILES string of the molecule is COC(=O)C1=CC(C)(CN(C(=O)c2ccccc2)/C(=C/Nc2ccccc2)C(=O)OC)C(C(=O)OC)=NN1. The highest BCUT2D eigenvalue weighted by molar-refractivity contribution is 6.39. The topological polar surface area (TPSA) is 136 Å². The Morgan fingerprint density at radius 3 is 2.11 bits per heavy atom. The van der Waals surface area contributed by atoms with Gasteiger partial charge in [-0.3, -0.25) is 15.1 Å². The predicted octanol–water partition coefficient (Wildman–Crippen LogP) is 2.45. The van der Waals surface area contributed by atoms with Crippen molar-refractivity contribution < 1.29 is 33.4 Å². The third-order valence-electron chi connectivity index (χ3n) is 5.66. The van der Waals surface area contributed by atoms with Crippen molar-refractivity contribution in [2.24, 2.45) is 10.5 Å². The summed E-state index contributed by atoms with van der Waals surface area (Å²) < 4.78 is 14.7. The van der Waals surface area contributed by atoms with Crippen molar-refractivity contribution in [1.82, 2.24) is 10.3 Å². The number of rotatable bonds is 9. The Morgan fingerprint density at radius 2 is 1.53 bits per heavy atom. The number of carbonyl (C=O) groups is 4. The number of esters is 3. The van der Waals surface area contributed by atoms with Crippen LogP contribution in [0.2, 0.25) is 0 Å². The molecular weight excluding hydrogens is 492 g/mol. The van der Waals surface area contributed by atoms with E-state index in [1.165, 1.54) is 33.6 Å². The van der Waals surface area contributed by atoms with Crippen molar-refractivity contribution in [1.29, 1.82) is 0 Å².